The lowest BCUT2D eigenvalue weighted by Gasteiger charge is -2.22. The van der Waals surface area contributed by atoms with E-state index in [1.54, 1.807) is 18.2 Å². The SMILES string of the molecule is CC(C)CC(NS(=O)(=O)c1ccccc1)C(=O)CC1CCc2coc(n2)CCNC(=O)C1=O. The van der Waals surface area contributed by atoms with E-state index in [9.17, 15) is 22.8 Å². The van der Waals surface area contributed by atoms with Gasteiger partial charge in [0.15, 0.2) is 11.7 Å². The van der Waals surface area contributed by atoms with Crippen molar-refractivity contribution < 1.29 is 27.2 Å². The molecular weight excluding hydrogens is 446 g/mol. The minimum Gasteiger partial charge on any atom is -0.449 e. The van der Waals surface area contributed by atoms with Gasteiger partial charge in [0.05, 0.1) is 16.6 Å². The number of sulfonamides is 1. The second kappa shape index (κ2) is 10.8. The first kappa shape index (κ1) is 24.8. The van der Waals surface area contributed by atoms with Gasteiger partial charge in [0, 0.05) is 25.3 Å². The summed E-state index contributed by atoms with van der Waals surface area (Å²) in [6.07, 6.45) is 2.49. The number of hydrogen-bond donors (Lipinski definition) is 2. The summed E-state index contributed by atoms with van der Waals surface area (Å²) >= 11 is 0. The number of carbonyl (C=O) groups is 3. The third kappa shape index (κ3) is 6.82. The summed E-state index contributed by atoms with van der Waals surface area (Å²) in [4.78, 5) is 42.7. The van der Waals surface area contributed by atoms with Crippen molar-refractivity contribution in [3.63, 3.8) is 0 Å². The molecule has 1 aromatic heterocycles. The number of amides is 1. The van der Waals surface area contributed by atoms with Gasteiger partial charge in [-0.05, 0) is 37.3 Å². The van der Waals surface area contributed by atoms with Crippen LogP contribution in [0.3, 0.4) is 0 Å². The molecule has 178 valence electrons. The zero-order chi connectivity index (χ0) is 24.0. The van der Waals surface area contributed by atoms with Crippen LogP contribution < -0.4 is 10.0 Å². The first-order chi connectivity index (χ1) is 15.7. The van der Waals surface area contributed by atoms with Crippen LogP contribution in [0.5, 0.6) is 0 Å². The van der Waals surface area contributed by atoms with Crippen LogP contribution in [-0.2, 0) is 37.2 Å². The smallest absolute Gasteiger partial charge is 0.287 e. The highest BCUT2D eigenvalue weighted by molar-refractivity contribution is 7.89. The number of Topliss-reactive ketones (excluding diaryl/α,β-unsaturated/α-hetero) is 2. The van der Waals surface area contributed by atoms with Gasteiger partial charge in [0.2, 0.25) is 15.8 Å². The summed E-state index contributed by atoms with van der Waals surface area (Å²) in [6, 6.07) is 6.79. The summed E-state index contributed by atoms with van der Waals surface area (Å²) in [6.45, 7) is 3.95. The van der Waals surface area contributed by atoms with Crippen molar-refractivity contribution in [3.8, 4) is 0 Å². The summed E-state index contributed by atoms with van der Waals surface area (Å²) in [5.74, 6) is -2.25. The molecular formula is C23H29N3O6S. The number of oxazole rings is 1. The Hall–Kier alpha value is -2.85. The number of rotatable bonds is 8. The Bertz CT molecular complexity index is 1090. The number of ketones is 2. The summed E-state index contributed by atoms with van der Waals surface area (Å²) in [5.41, 5.74) is 0.646. The molecule has 10 heteroatoms. The van der Waals surface area contributed by atoms with Crippen molar-refractivity contribution in [2.75, 3.05) is 6.54 Å². The van der Waals surface area contributed by atoms with Gasteiger partial charge in [0.1, 0.15) is 6.26 Å². The molecule has 2 heterocycles. The molecule has 33 heavy (non-hydrogen) atoms. The van der Waals surface area contributed by atoms with E-state index in [1.165, 1.54) is 18.4 Å². The Morgan fingerprint density at radius 2 is 1.94 bits per heavy atom. The van der Waals surface area contributed by atoms with Gasteiger partial charge in [-0.25, -0.2) is 18.1 Å². The van der Waals surface area contributed by atoms with Gasteiger partial charge in [-0.2, -0.15) is 0 Å². The van der Waals surface area contributed by atoms with Gasteiger partial charge in [0.25, 0.3) is 5.91 Å². The van der Waals surface area contributed by atoms with Crippen LogP contribution in [0.25, 0.3) is 0 Å². The molecule has 1 amide bonds. The quantitative estimate of drug-likeness (QED) is 0.556. The largest absolute Gasteiger partial charge is 0.449 e. The fourth-order valence-electron chi connectivity index (χ4n) is 3.74. The number of hydrogen-bond acceptors (Lipinski definition) is 7. The van der Waals surface area contributed by atoms with Crippen LogP contribution in [0.1, 0.15) is 44.7 Å². The van der Waals surface area contributed by atoms with Gasteiger partial charge in [-0.3, -0.25) is 14.4 Å². The fourth-order valence-corrected chi connectivity index (χ4v) is 4.99. The number of benzene rings is 1. The molecule has 0 saturated heterocycles. The second-order valence-electron chi connectivity index (χ2n) is 8.63. The zero-order valence-corrected chi connectivity index (χ0v) is 19.6. The molecule has 0 radical (unpaired) electrons. The maximum atomic E-state index is 13.2. The lowest BCUT2D eigenvalue weighted by Crippen LogP contribution is -2.44. The van der Waals surface area contributed by atoms with Gasteiger partial charge in [-0.1, -0.05) is 32.0 Å². The number of aryl methyl sites for hydroxylation is 1. The minimum absolute atomic E-state index is 0.0255. The Morgan fingerprint density at radius 1 is 1.21 bits per heavy atom. The van der Waals surface area contributed by atoms with Gasteiger partial charge < -0.3 is 9.73 Å². The number of aromatic nitrogens is 1. The van der Waals surface area contributed by atoms with E-state index in [1.807, 2.05) is 13.8 Å². The van der Waals surface area contributed by atoms with E-state index in [-0.39, 0.29) is 36.6 Å². The van der Waals surface area contributed by atoms with E-state index in [0.29, 0.717) is 24.4 Å². The monoisotopic (exact) mass is 475 g/mol. The standard InChI is InChI=1S/C23H29N3O6S/c1-15(2)12-19(26-33(30,31)18-6-4-3-5-7-18)20(27)13-16-8-9-17-14-32-21(25-17)10-11-24-23(29)22(16)28/h3-7,14-16,19,26H,8-13H2,1-2H3,(H,24,29). The lowest BCUT2D eigenvalue weighted by atomic mass is 9.88. The van der Waals surface area contributed by atoms with E-state index in [4.69, 9.17) is 4.42 Å². The summed E-state index contributed by atoms with van der Waals surface area (Å²) in [7, 11) is -3.93. The Kier molecular flexibility index (Phi) is 8.15. The number of nitrogens with zero attached hydrogens (tertiary/aromatic N) is 1. The second-order valence-corrected chi connectivity index (χ2v) is 10.3. The third-order valence-corrected chi connectivity index (χ3v) is 6.95. The van der Waals surface area contributed by atoms with Crippen LogP contribution in [0, 0.1) is 11.8 Å². The number of nitrogens with one attached hydrogen (secondary N) is 2. The molecule has 3 rings (SSSR count). The molecule has 1 aliphatic rings. The van der Waals surface area contributed by atoms with Crippen LogP contribution in [-0.4, -0.2) is 43.5 Å². The molecule has 9 nitrogen and oxygen atoms in total. The van der Waals surface area contributed by atoms with E-state index in [2.05, 4.69) is 15.0 Å². The number of fused-ring (bicyclic) bond motifs is 2. The predicted molar refractivity (Wildman–Crippen MR) is 120 cm³/mol. The maximum Gasteiger partial charge on any atom is 0.287 e. The average Bonchev–Trinajstić information content (AvgIpc) is 3.22. The van der Waals surface area contributed by atoms with Crippen molar-refractivity contribution in [3.05, 3.63) is 48.2 Å². The fraction of sp³-hybridized carbons (Fsp3) is 0.478. The molecule has 2 bridgehead atoms. The van der Waals surface area contributed by atoms with Crippen LogP contribution in [0.4, 0.5) is 0 Å². The molecule has 0 fully saturated rings. The van der Waals surface area contributed by atoms with Crippen molar-refractivity contribution in [1.29, 1.82) is 0 Å². The average molecular weight is 476 g/mol. The van der Waals surface area contributed by atoms with Crippen LogP contribution in [0.2, 0.25) is 0 Å². The highest BCUT2D eigenvalue weighted by Gasteiger charge is 2.33. The molecule has 2 unspecified atom stereocenters. The zero-order valence-electron chi connectivity index (χ0n) is 18.7. The molecule has 0 spiro atoms. The topological polar surface area (TPSA) is 135 Å². The van der Waals surface area contributed by atoms with Gasteiger partial charge >= 0.3 is 0 Å². The molecule has 1 aromatic carbocycles. The first-order valence-corrected chi connectivity index (χ1v) is 12.5. The van der Waals surface area contributed by atoms with E-state index >= 15 is 0 Å². The maximum absolute atomic E-state index is 13.2. The van der Waals surface area contributed by atoms with E-state index in [0.717, 1.165) is 0 Å². The Balaban J connectivity index is 1.78. The third-order valence-electron chi connectivity index (χ3n) is 5.46. The minimum atomic E-state index is -3.93. The Labute approximate surface area is 193 Å². The normalized spacial score (nSPS) is 18.5. The number of carbonyl (C=O) groups excluding carboxylic acids is 3. The molecule has 0 aliphatic carbocycles. The predicted octanol–water partition coefficient (Wildman–Crippen LogP) is 1.82. The Morgan fingerprint density at radius 3 is 2.64 bits per heavy atom. The molecule has 2 atom stereocenters. The van der Waals surface area contributed by atoms with Crippen molar-refractivity contribution in [2.24, 2.45) is 11.8 Å². The molecule has 2 aromatic rings. The molecule has 2 N–H and O–H groups in total. The molecule has 0 saturated carbocycles. The van der Waals surface area contributed by atoms with Crippen molar-refractivity contribution in [1.82, 2.24) is 15.0 Å². The summed E-state index contributed by atoms with van der Waals surface area (Å²) in [5, 5.41) is 2.54. The van der Waals surface area contributed by atoms with E-state index < -0.39 is 39.5 Å². The van der Waals surface area contributed by atoms with Crippen LogP contribution >= 0.6 is 0 Å². The van der Waals surface area contributed by atoms with Crippen LogP contribution in [0.15, 0.2) is 45.9 Å². The summed E-state index contributed by atoms with van der Waals surface area (Å²) < 4.78 is 33.5. The van der Waals surface area contributed by atoms with Gasteiger partial charge in [-0.15, -0.1) is 0 Å². The molecule has 1 aliphatic heterocycles. The first-order valence-electron chi connectivity index (χ1n) is 11.0. The van der Waals surface area contributed by atoms with Crippen molar-refractivity contribution in [2.45, 2.75) is 56.9 Å². The van der Waals surface area contributed by atoms with Crippen molar-refractivity contribution >= 4 is 27.5 Å². The highest BCUT2D eigenvalue weighted by atomic mass is 32.2. The highest BCUT2D eigenvalue weighted by Crippen LogP contribution is 2.20. The lowest BCUT2D eigenvalue weighted by molar-refractivity contribution is -0.141.